The minimum absolute atomic E-state index is 0.0815. The van der Waals surface area contributed by atoms with Gasteiger partial charge in [-0.25, -0.2) is 0 Å². The molecule has 0 fully saturated rings. The zero-order valence-electron chi connectivity index (χ0n) is 9.37. The Morgan fingerprint density at radius 1 is 2.00 bits per heavy atom. The summed E-state index contributed by atoms with van der Waals surface area (Å²) in [5.74, 6) is -3.27. The minimum atomic E-state index is -3.16. The summed E-state index contributed by atoms with van der Waals surface area (Å²) in [5.41, 5.74) is -0.0815. The molecule has 0 spiro atoms. The van der Waals surface area contributed by atoms with Gasteiger partial charge in [0.05, 0.1) is 9.29 Å². The van der Waals surface area contributed by atoms with Gasteiger partial charge in [-0.1, -0.05) is 0 Å². The van der Waals surface area contributed by atoms with Crippen molar-refractivity contribution in [1.29, 1.82) is 0 Å². The summed E-state index contributed by atoms with van der Waals surface area (Å²) >= 11 is 0. The number of nitrogens with one attached hydrogen (secondary N) is 1. The summed E-state index contributed by atoms with van der Waals surface area (Å²) in [6.45, 7) is -4.04. The van der Waals surface area contributed by atoms with Crippen LogP contribution < -0.4 is 11.0 Å². The van der Waals surface area contributed by atoms with E-state index < -0.39 is 30.2 Å². The standard InChI is InChI=1S/C4H8N2O3/c5-1-3(7)6-2-4(8)9/h1-2,5H2,(H,6,7)(H,8,9)/i2D2/hD3. The van der Waals surface area contributed by atoms with Gasteiger partial charge >= 0.3 is 5.97 Å². The monoisotopic (exact) mass is 137 g/mol. The minimum Gasteiger partial charge on any atom is -0.480 e. The number of nitrogens with two attached hydrogens (primary N) is 1. The van der Waals surface area contributed by atoms with E-state index >= 15 is 0 Å². The predicted molar refractivity (Wildman–Crippen MR) is 29.7 cm³/mol. The quantitative estimate of drug-likeness (QED) is 0.424. The van der Waals surface area contributed by atoms with Gasteiger partial charge in [0.2, 0.25) is 5.91 Å². The van der Waals surface area contributed by atoms with Crippen LogP contribution in [0.1, 0.15) is 2.74 Å². The van der Waals surface area contributed by atoms with E-state index in [1.807, 2.05) is 0 Å². The van der Waals surface area contributed by atoms with Crippen LogP contribution in [0.5, 0.6) is 0 Å². The number of aliphatic carboxylic acids is 1. The molecule has 0 radical (unpaired) electrons. The fourth-order valence-electron chi connectivity index (χ4n) is 0.146. The Morgan fingerprint density at radius 3 is 3.11 bits per heavy atom. The van der Waals surface area contributed by atoms with Crippen molar-refractivity contribution in [3.8, 4) is 0 Å². The molecular weight excluding hydrogens is 124 g/mol. The van der Waals surface area contributed by atoms with Gasteiger partial charge < -0.3 is 16.1 Å². The van der Waals surface area contributed by atoms with Crippen LogP contribution in [0.15, 0.2) is 0 Å². The SMILES string of the molecule is [2H]N([2H])CC(=O)N([2H])C([2H])([2H])C(=O)O. The van der Waals surface area contributed by atoms with Crippen LogP contribution in [0.3, 0.4) is 0 Å². The smallest absolute Gasteiger partial charge is 0.322 e. The molecule has 0 heterocycles. The molecule has 0 aliphatic carbocycles. The highest BCUT2D eigenvalue weighted by atomic mass is 16.4. The highest BCUT2D eigenvalue weighted by Gasteiger charge is 1.98. The van der Waals surface area contributed by atoms with E-state index in [4.69, 9.17) is 12.1 Å². The molecule has 0 aromatic heterocycles. The number of carboxylic acids is 1. The van der Waals surface area contributed by atoms with Gasteiger partial charge in [-0.2, -0.15) is 0 Å². The summed E-state index contributed by atoms with van der Waals surface area (Å²) in [5, 5.41) is 7.89. The van der Waals surface area contributed by atoms with E-state index in [1.54, 1.807) is 0 Å². The molecule has 0 saturated carbocycles. The molecule has 4 N–H and O–H groups in total. The molecule has 0 atom stereocenters. The first-order valence-corrected chi connectivity index (χ1v) is 2.00. The van der Waals surface area contributed by atoms with Gasteiger partial charge in [-0.3, -0.25) is 9.59 Å². The Bertz CT molecular complexity index is 245. The second kappa shape index (κ2) is 3.85. The topological polar surface area (TPSA) is 92.4 Å². The van der Waals surface area contributed by atoms with Gasteiger partial charge in [0, 0.05) is 0 Å². The van der Waals surface area contributed by atoms with Crippen molar-refractivity contribution in [3.05, 3.63) is 0 Å². The Hall–Kier alpha value is -1.10. The van der Waals surface area contributed by atoms with Gasteiger partial charge in [-0.15, -0.1) is 0 Å². The Kier molecular flexibility index (Phi) is 1.14. The normalized spacial score (nSPS) is 18.6. The maximum absolute atomic E-state index is 10.9. The summed E-state index contributed by atoms with van der Waals surface area (Å²) in [7, 11) is 0. The van der Waals surface area contributed by atoms with E-state index in [9.17, 15) is 9.59 Å². The van der Waals surface area contributed by atoms with Crippen molar-refractivity contribution in [2.24, 2.45) is 5.72 Å². The molecular formula is C4H8N2O3. The largest absolute Gasteiger partial charge is 0.480 e. The van der Waals surface area contributed by atoms with Crippen LogP contribution in [-0.2, 0) is 9.59 Å². The fourth-order valence-corrected chi connectivity index (χ4v) is 0.146. The highest BCUT2D eigenvalue weighted by molar-refractivity contribution is 5.82. The molecule has 5 nitrogen and oxygen atoms in total. The average molecular weight is 137 g/mol. The van der Waals surface area contributed by atoms with E-state index in [0.29, 0.717) is 0 Å². The average Bonchev–Trinajstić information content (AvgIpc) is 2.01. The molecule has 0 aliphatic heterocycles. The van der Waals surface area contributed by atoms with E-state index in [-0.39, 0.29) is 5.72 Å². The molecule has 0 aliphatic rings. The zero-order valence-corrected chi connectivity index (χ0v) is 4.37. The van der Waals surface area contributed by atoms with Crippen molar-refractivity contribution in [2.45, 2.75) is 0 Å². The van der Waals surface area contributed by atoms with Crippen LogP contribution in [-0.4, -0.2) is 30.0 Å². The lowest BCUT2D eigenvalue weighted by molar-refractivity contribution is -0.137. The molecule has 0 saturated heterocycles. The molecule has 0 unspecified atom stereocenters. The van der Waals surface area contributed by atoms with Crippen LogP contribution in [0.4, 0.5) is 0 Å². The second-order valence-corrected chi connectivity index (χ2v) is 1.08. The summed E-state index contributed by atoms with van der Waals surface area (Å²) < 4.78 is 33.5. The second-order valence-electron chi connectivity index (χ2n) is 1.08. The van der Waals surface area contributed by atoms with Crippen LogP contribution in [0, 0.1) is 0 Å². The predicted octanol–water partition coefficient (Wildman–Crippen LogP) is -1.85. The van der Waals surface area contributed by atoms with E-state index in [1.165, 1.54) is 0 Å². The summed E-state index contributed by atoms with van der Waals surface area (Å²) in [4.78, 5) is 21.1. The molecule has 0 bridgehead atoms. The molecule has 1 amide bonds. The number of hydrogen-bond donors (Lipinski definition) is 3. The number of carboxylic acid groups (broad SMARTS) is 1. The molecule has 52 valence electrons. The number of carbonyl (C=O) groups is 2. The van der Waals surface area contributed by atoms with Crippen LogP contribution in [0.2, 0.25) is 4.24 Å². The third-order valence-corrected chi connectivity index (χ3v) is 0.412. The molecule has 0 rings (SSSR count). The number of carbonyl (C=O) groups excluding carboxylic acids is 1. The van der Waals surface area contributed by atoms with Crippen molar-refractivity contribution in [2.75, 3.05) is 13.0 Å². The van der Waals surface area contributed by atoms with Crippen molar-refractivity contribution >= 4 is 11.9 Å². The Labute approximate surface area is 59.0 Å². The maximum Gasteiger partial charge on any atom is 0.322 e. The van der Waals surface area contributed by atoms with Crippen molar-refractivity contribution in [3.63, 3.8) is 0 Å². The summed E-state index contributed by atoms with van der Waals surface area (Å²) in [6.07, 6.45) is 0. The lowest BCUT2D eigenvalue weighted by atomic mass is 10.5. The maximum atomic E-state index is 10.9. The number of hydrogen-bond acceptors (Lipinski definition) is 3. The van der Waals surface area contributed by atoms with Crippen molar-refractivity contribution in [1.82, 2.24) is 5.31 Å². The third-order valence-electron chi connectivity index (χ3n) is 0.412. The lowest BCUT2D eigenvalue weighted by Gasteiger charge is -1.95. The fraction of sp³-hybridized carbons (Fsp3) is 0.500. The molecule has 5 heteroatoms. The van der Waals surface area contributed by atoms with Gasteiger partial charge in [-0.05, 0) is 0 Å². The summed E-state index contributed by atoms with van der Waals surface area (Å²) in [6, 6.07) is 0. The Balaban J connectivity index is 4.53. The lowest BCUT2D eigenvalue weighted by Crippen LogP contribution is -2.34. The van der Waals surface area contributed by atoms with Gasteiger partial charge in [0.1, 0.15) is 9.32 Å². The zero-order chi connectivity index (χ0) is 11.5. The first kappa shape index (κ1) is 2.66. The highest BCUT2D eigenvalue weighted by Crippen LogP contribution is 1.60. The number of rotatable bonds is 4. The molecule has 9 heavy (non-hydrogen) atoms. The van der Waals surface area contributed by atoms with E-state index in [0.717, 1.165) is 0 Å². The molecule has 0 aromatic rings. The number of amides is 1. The third kappa shape index (κ3) is 4.76. The first-order chi connectivity index (χ1) is 6.19. The van der Waals surface area contributed by atoms with Gasteiger partial charge in [0.15, 0.2) is 1.41 Å². The van der Waals surface area contributed by atoms with Crippen molar-refractivity contribution < 1.29 is 21.7 Å². The van der Waals surface area contributed by atoms with Crippen LogP contribution >= 0.6 is 0 Å². The first-order valence-electron chi connectivity index (χ1n) is 4.34. The van der Waals surface area contributed by atoms with Crippen LogP contribution in [0.25, 0.3) is 0 Å². The molecule has 0 aromatic carbocycles. The Morgan fingerprint density at radius 2 is 2.67 bits per heavy atom. The van der Waals surface area contributed by atoms with E-state index in [2.05, 4.69) is 0 Å². The van der Waals surface area contributed by atoms with Gasteiger partial charge in [0.25, 0.3) is 0 Å².